The minimum atomic E-state index is 0.545. The fourth-order valence-corrected chi connectivity index (χ4v) is 2.52. The van der Waals surface area contributed by atoms with Crippen molar-refractivity contribution in [3.63, 3.8) is 0 Å². The lowest BCUT2D eigenvalue weighted by atomic mass is 9.84. The van der Waals surface area contributed by atoms with Crippen LogP contribution in [0.5, 0.6) is 0 Å². The van der Waals surface area contributed by atoms with Crippen molar-refractivity contribution in [2.45, 2.75) is 78.6 Å². The Balaban J connectivity index is 3.29. The van der Waals surface area contributed by atoms with Gasteiger partial charge in [0.2, 0.25) is 0 Å². The Labute approximate surface area is 105 Å². The summed E-state index contributed by atoms with van der Waals surface area (Å²) in [5.74, 6) is 0. The summed E-state index contributed by atoms with van der Waals surface area (Å²) in [5.41, 5.74) is 0.545. The minimum absolute atomic E-state index is 0.545. The maximum Gasteiger partial charge on any atom is 0.00852 e. The van der Waals surface area contributed by atoms with Gasteiger partial charge in [0.25, 0.3) is 0 Å². The molecule has 0 bridgehead atoms. The first kappa shape index (κ1) is 15.5. The zero-order valence-electron chi connectivity index (χ0n) is 10.9. The SMILES string of the molecule is CCCCCCCCCC(C)(CC)CBr. The molecule has 0 aromatic rings. The fourth-order valence-electron chi connectivity index (χ4n) is 1.85. The Hall–Kier alpha value is 0.480. The maximum absolute atomic E-state index is 3.64. The average molecular weight is 277 g/mol. The van der Waals surface area contributed by atoms with Gasteiger partial charge in [0.1, 0.15) is 0 Å². The third-order valence-electron chi connectivity index (χ3n) is 3.56. The Morgan fingerprint density at radius 1 is 0.867 bits per heavy atom. The molecule has 0 nitrogen and oxygen atoms in total. The Kier molecular flexibility index (Phi) is 10.00. The Morgan fingerprint density at radius 2 is 1.40 bits per heavy atom. The summed E-state index contributed by atoms with van der Waals surface area (Å²) in [5, 5.41) is 1.16. The maximum atomic E-state index is 3.64. The van der Waals surface area contributed by atoms with Gasteiger partial charge in [0.15, 0.2) is 0 Å². The van der Waals surface area contributed by atoms with Gasteiger partial charge < -0.3 is 0 Å². The van der Waals surface area contributed by atoms with E-state index < -0.39 is 0 Å². The van der Waals surface area contributed by atoms with Crippen LogP contribution in [0, 0.1) is 5.41 Å². The molecule has 0 aliphatic carbocycles. The van der Waals surface area contributed by atoms with Gasteiger partial charge >= 0.3 is 0 Å². The van der Waals surface area contributed by atoms with Crippen LogP contribution in [0.4, 0.5) is 0 Å². The molecule has 0 aromatic carbocycles. The van der Waals surface area contributed by atoms with E-state index in [4.69, 9.17) is 0 Å². The minimum Gasteiger partial charge on any atom is -0.0922 e. The summed E-state index contributed by atoms with van der Waals surface area (Å²) >= 11 is 3.64. The number of rotatable bonds is 10. The van der Waals surface area contributed by atoms with Crippen molar-refractivity contribution in [2.24, 2.45) is 5.41 Å². The number of unbranched alkanes of at least 4 members (excludes halogenated alkanes) is 6. The third kappa shape index (κ3) is 8.30. The topological polar surface area (TPSA) is 0 Å². The molecule has 0 saturated heterocycles. The molecule has 0 fully saturated rings. The molecule has 0 rings (SSSR count). The highest BCUT2D eigenvalue weighted by Gasteiger charge is 2.19. The van der Waals surface area contributed by atoms with Gasteiger partial charge in [-0.3, -0.25) is 0 Å². The van der Waals surface area contributed by atoms with Gasteiger partial charge in [-0.05, 0) is 18.3 Å². The van der Waals surface area contributed by atoms with Crippen LogP contribution in [-0.4, -0.2) is 5.33 Å². The third-order valence-corrected chi connectivity index (χ3v) is 4.91. The number of hydrogen-bond acceptors (Lipinski definition) is 0. The van der Waals surface area contributed by atoms with E-state index in [1.807, 2.05) is 0 Å². The first-order chi connectivity index (χ1) is 7.18. The zero-order chi connectivity index (χ0) is 11.6. The van der Waals surface area contributed by atoms with E-state index in [0.29, 0.717) is 5.41 Å². The van der Waals surface area contributed by atoms with Gasteiger partial charge in [-0.1, -0.05) is 81.6 Å². The van der Waals surface area contributed by atoms with E-state index in [-0.39, 0.29) is 0 Å². The molecule has 15 heavy (non-hydrogen) atoms. The predicted molar refractivity (Wildman–Crippen MR) is 74.8 cm³/mol. The highest BCUT2D eigenvalue weighted by Crippen LogP contribution is 2.30. The van der Waals surface area contributed by atoms with Crippen molar-refractivity contribution >= 4 is 15.9 Å². The molecule has 0 N–H and O–H groups in total. The van der Waals surface area contributed by atoms with E-state index in [1.165, 1.54) is 57.8 Å². The van der Waals surface area contributed by atoms with Gasteiger partial charge in [-0.25, -0.2) is 0 Å². The molecule has 0 heterocycles. The van der Waals surface area contributed by atoms with Crippen LogP contribution in [0.3, 0.4) is 0 Å². The summed E-state index contributed by atoms with van der Waals surface area (Å²) in [4.78, 5) is 0. The Morgan fingerprint density at radius 3 is 1.87 bits per heavy atom. The molecule has 92 valence electrons. The van der Waals surface area contributed by atoms with Crippen molar-refractivity contribution < 1.29 is 0 Å². The van der Waals surface area contributed by atoms with Crippen molar-refractivity contribution in [2.75, 3.05) is 5.33 Å². The smallest absolute Gasteiger partial charge is 0.00852 e. The highest BCUT2D eigenvalue weighted by atomic mass is 79.9. The fraction of sp³-hybridized carbons (Fsp3) is 1.00. The molecule has 1 atom stereocenters. The van der Waals surface area contributed by atoms with E-state index in [1.54, 1.807) is 0 Å². The summed E-state index contributed by atoms with van der Waals surface area (Å²) in [7, 11) is 0. The molecule has 0 radical (unpaired) electrons. The molecular formula is C14H29Br. The summed E-state index contributed by atoms with van der Waals surface area (Å²) < 4.78 is 0. The van der Waals surface area contributed by atoms with Gasteiger partial charge in [0.05, 0.1) is 0 Å². The number of hydrogen-bond donors (Lipinski definition) is 0. The van der Waals surface area contributed by atoms with Gasteiger partial charge in [-0.15, -0.1) is 0 Å². The van der Waals surface area contributed by atoms with Crippen LogP contribution < -0.4 is 0 Å². The lowest BCUT2D eigenvalue weighted by molar-refractivity contribution is 0.317. The quantitative estimate of drug-likeness (QED) is 0.342. The van der Waals surface area contributed by atoms with E-state index in [2.05, 4.69) is 36.7 Å². The lowest BCUT2D eigenvalue weighted by Gasteiger charge is -2.25. The largest absolute Gasteiger partial charge is 0.0922 e. The first-order valence-electron chi connectivity index (χ1n) is 6.74. The van der Waals surface area contributed by atoms with Crippen LogP contribution in [0.15, 0.2) is 0 Å². The molecule has 0 aliphatic rings. The number of halogens is 1. The molecule has 1 heteroatoms. The molecular weight excluding hydrogens is 248 g/mol. The summed E-state index contributed by atoms with van der Waals surface area (Å²) in [6, 6.07) is 0. The van der Waals surface area contributed by atoms with Crippen LogP contribution in [0.25, 0.3) is 0 Å². The van der Waals surface area contributed by atoms with Gasteiger partial charge in [0, 0.05) is 5.33 Å². The Bertz CT molecular complexity index is 127. The van der Waals surface area contributed by atoms with Crippen LogP contribution in [0.1, 0.15) is 78.6 Å². The first-order valence-corrected chi connectivity index (χ1v) is 7.86. The molecule has 1 unspecified atom stereocenters. The van der Waals surface area contributed by atoms with Crippen molar-refractivity contribution in [3.05, 3.63) is 0 Å². The van der Waals surface area contributed by atoms with Crippen molar-refractivity contribution in [3.8, 4) is 0 Å². The second kappa shape index (κ2) is 9.69. The summed E-state index contributed by atoms with van der Waals surface area (Å²) in [6.07, 6.45) is 12.7. The van der Waals surface area contributed by atoms with Gasteiger partial charge in [-0.2, -0.15) is 0 Å². The van der Waals surface area contributed by atoms with Crippen LogP contribution in [-0.2, 0) is 0 Å². The molecule has 0 spiro atoms. The molecule has 0 amide bonds. The predicted octanol–water partition coefficient (Wildman–Crippen LogP) is 5.94. The van der Waals surface area contributed by atoms with E-state index in [0.717, 1.165) is 5.33 Å². The van der Waals surface area contributed by atoms with Crippen LogP contribution >= 0.6 is 15.9 Å². The van der Waals surface area contributed by atoms with Crippen LogP contribution in [0.2, 0.25) is 0 Å². The van der Waals surface area contributed by atoms with E-state index >= 15 is 0 Å². The number of alkyl halides is 1. The standard InChI is InChI=1S/C14H29Br/c1-4-6-7-8-9-10-11-12-14(3,5-2)13-15/h4-13H2,1-3H3. The molecule has 0 aliphatic heterocycles. The average Bonchev–Trinajstić information content (AvgIpc) is 2.27. The van der Waals surface area contributed by atoms with Crippen molar-refractivity contribution in [1.82, 2.24) is 0 Å². The molecule has 0 aromatic heterocycles. The van der Waals surface area contributed by atoms with Crippen molar-refractivity contribution in [1.29, 1.82) is 0 Å². The second-order valence-corrected chi connectivity index (χ2v) is 5.73. The zero-order valence-corrected chi connectivity index (χ0v) is 12.5. The summed E-state index contributed by atoms with van der Waals surface area (Å²) in [6.45, 7) is 6.99. The van der Waals surface area contributed by atoms with E-state index in [9.17, 15) is 0 Å². The highest BCUT2D eigenvalue weighted by molar-refractivity contribution is 9.09. The second-order valence-electron chi connectivity index (χ2n) is 5.17. The lowest BCUT2D eigenvalue weighted by Crippen LogP contribution is -2.16. The normalized spacial score (nSPS) is 15.2. The molecule has 0 saturated carbocycles. The monoisotopic (exact) mass is 276 g/mol.